The van der Waals surface area contributed by atoms with Crippen molar-refractivity contribution in [3.05, 3.63) is 0 Å². The molecule has 2 heteroatoms. The van der Waals surface area contributed by atoms with Gasteiger partial charge in [-0.15, -0.1) is 0 Å². The smallest absolute Gasteiger partial charge is 0.217 e. The first-order valence-corrected chi connectivity index (χ1v) is 10.5. The lowest BCUT2D eigenvalue weighted by Gasteiger charge is -2.18. The van der Waals surface area contributed by atoms with Gasteiger partial charge >= 0.3 is 0 Å². The van der Waals surface area contributed by atoms with Gasteiger partial charge in [0, 0.05) is 13.0 Å². The molecule has 0 fully saturated rings. The Morgan fingerprint density at radius 3 is 1.35 bits per heavy atom. The molecule has 0 saturated heterocycles. The van der Waals surface area contributed by atoms with Crippen LogP contribution in [-0.2, 0) is 4.79 Å². The van der Waals surface area contributed by atoms with Gasteiger partial charge in [-0.05, 0) is 12.8 Å². The molecule has 0 aliphatic carbocycles. The van der Waals surface area contributed by atoms with Crippen LogP contribution in [0.15, 0.2) is 0 Å². The molecule has 0 saturated carbocycles. The van der Waals surface area contributed by atoms with Crippen molar-refractivity contribution in [3.8, 4) is 0 Å². The van der Waals surface area contributed by atoms with Gasteiger partial charge in [-0.25, -0.2) is 0 Å². The van der Waals surface area contributed by atoms with Gasteiger partial charge < -0.3 is 5.32 Å². The molecule has 0 aliphatic heterocycles. The molecule has 1 N–H and O–H groups in total. The predicted octanol–water partition coefficient (Wildman–Crippen LogP) is 6.77. The molecule has 0 aliphatic rings. The van der Waals surface area contributed by atoms with E-state index >= 15 is 0 Å². The summed E-state index contributed by atoms with van der Waals surface area (Å²) in [6.45, 7) is 6.19. The van der Waals surface area contributed by atoms with E-state index in [1.807, 2.05) is 0 Å². The number of amides is 1. The summed E-state index contributed by atoms with van der Waals surface area (Å²) in [5, 5.41) is 3.16. The third-order valence-electron chi connectivity index (χ3n) is 4.72. The average Bonchev–Trinajstić information content (AvgIpc) is 2.52. The van der Waals surface area contributed by atoms with Crippen LogP contribution in [0.2, 0.25) is 0 Å². The second-order valence-electron chi connectivity index (χ2n) is 7.22. The van der Waals surface area contributed by atoms with Crippen LogP contribution in [-0.4, -0.2) is 11.9 Å². The second kappa shape index (κ2) is 17.8. The van der Waals surface area contributed by atoms with Crippen molar-refractivity contribution in [2.75, 3.05) is 0 Å². The van der Waals surface area contributed by atoms with E-state index in [-0.39, 0.29) is 5.91 Å². The number of unbranched alkanes of at least 4 members (excludes halogenated alkanes) is 12. The Kier molecular flexibility index (Phi) is 17.4. The molecule has 0 spiro atoms. The Bertz CT molecular complexity index is 234. The first kappa shape index (κ1) is 22.5. The van der Waals surface area contributed by atoms with Crippen molar-refractivity contribution in [3.63, 3.8) is 0 Å². The molecule has 0 atom stereocenters. The molecule has 0 aromatic carbocycles. The summed E-state index contributed by atoms with van der Waals surface area (Å²) >= 11 is 0. The van der Waals surface area contributed by atoms with Gasteiger partial charge in [0.05, 0.1) is 0 Å². The van der Waals surface area contributed by atoms with Crippen LogP contribution in [0.5, 0.6) is 0 Å². The van der Waals surface area contributed by atoms with Crippen molar-refractivity contribution >= 4 is 5.91 Å². The van der Waals surface area contributed by atoms with Crippen LogP contribution in [0.4, 0.5) is 0 Å². The Hall–Kier alpha value is -0.530. The second-order valence-corrected chi connectivity index (χ2v) is 7.22. The maximum absolute atomic E-state index is 11.4. The van der Waals surface area contributed by atoms with E-state index in [0.717, 1.165) is 0 Å². The van der Waals surface area contributed by atoms with Crippen LogP contribution >= 0.6 is 0 Å². The molecule has 1 amide bonds. The standard InChI is InChI=1S/C21H43NO/c1-4-6-8-10-12-14-16-18-21(22-20(3)23)19-17-15-13-11-9-7-5-2/h21H,4-19H2,1-3H3,(H,22,23). The molecule has 0 bridgehead atoms. The summed E-state index contributed by atoms with van der Waals surface area (Å²) in [6, 6.07) is 0.416. The van der Waals surface area contributed by atoms with Crippen LogP contribution in [0.25, 0.3) is 0 Å². The third kappa shape index (κ3) is 17.7. The normalized spacial score (nSPS) is 11.1. The molecule has 23 heavy (non-hydrogen) atoms. The molecule has 0 rings (SSSR count). The molecule has 0 aromatic heterocycles. The monoisotopic (exact) mass is 325 g/mol. The van der Waals surface area contributed by atoms with Crippen molar-refractivity contribution in [1.29, 1.82) is 0 Å². The number of hydrogen-bond acceptors (Lipinski definition) is 1. The summed E-state index contributed by atoms with van der Waals surface area (Å²) < 4.78 is 0. The fourth-order valence-electron chi connectivity index (χ4n) is 3.27. The van der Waals surface area contributed by atoms with E-state index in [4.69, 9.17) is 0 Å². The minimum absolute atomic E-state index is 0.140. The number of nitrogens with one attached hydrogen (secondary N) is 1. The van der Waals surface area contributed by atoms with E-state index in [2.05, 4.69) is 19.2 Å². The zero-order chi connectivity index (χ0) is 17.2. The minimum atomic E-state index is 0.140. The van der Waals surface area contributed by atoms with Gasteiger partial charge in [0.25, 0.3) is 0 Å². The zero-order valence-electron chi connectivity index (χ0n) is 16.3. The lowest BCUT2D eigenvalue weighted by atomic mass is 10.00. The maximum atomic E-state index is 11.4. The van der Waals surface area contributed by atoms with Crippen molar-refractivity contribution < 1.29 is 4.79 Å². The summed E-state index contributed by atoms with van der Waals surface area (Å²) in [7, 11) is 0. The van der Waals surface area contributed by atoms with Crippen molar-refractivity contribution in [2.24, 2.45) is 0 Å². The molecule has 0 heterocycles. The highest BCUT2D eigenvalue weighted by Gasteiger charge is 2.09. The Labute approximate surface area is 146 Å². The Morgan fingerprint density at radius 2 is 1.00 bits per heavy atom. The lowest BCUT2D eigenvalue weighted by molar-refractivity contribution is -0.119. The van der Waals surface area contributed by atoms with Gasteiger partial charge in [-0.1, -0.05) is 104 Å². The Balaban J connectivity index is 3.62. The summed E-state index contributed by atoms with van der Waals surface area (Å²) in [5.41, 5.74) is 0. The van der Waals surface area contributed by atoms with Crippen LogP contribution < -0.4 is 5.32 Å². The van der Waals surface area contributed by atoms with E-state index in [1.54, 1.807) is 6.92 Å². The van der Waals surface area contributed by atoms with Crippen LogP contribution in [0.3, 0.4) is 0 Å². The molecule has 0 aromatic rings. The molecule has 0 radical (unpaired) electrons. The highest BCUT2D eigenvalue weighted by molar-refractivity contribution is 5.73. The van der Waals surface area contributed by atoms with E-state index in [1.165, 1.54) is 103 Å². The SMILES string of the molecule is CCCCCCCCCC(CCCCCCCCC)NC(C)=O. The van der Waals surface area contributed by atoms with E-state index in [9.17, 15) is 4.79 Å². The zero-order valence-corrected chi connectivity index (χ0v) is 16.3. The fourth-order valence-corrected chi connectivity index (χ4v) is 3.27. The van der Waals surface area contributed by atoms with Crippen molar-refractivity contribution in [1.82, 2.24) is 5.32 Å². The molecule has 0 unspecified atom stereocenters. The van der Waals surface area contributed by atoms with Crippen molar-refractivity contribution in [2.45, 2.75) is 130 Å². The van der Waals surface area contributed by atoms with Gasteiger partial charge in [-0.2, -0.15) is 0 Å². The molecular weight excluding hydrogens is 282 g/mol. The van der Waals surface area contributed by atoms with E-state index in [0.29, 0.717) is 6.04 Å². The minimum Gasteiger partial charge on any atom is -0.354 e. The van der Waals surface area contributed by atoms with Gasteiger partial charge in [-0.3, -0.25) is 4.79 Å². The quantitative estimate of drug-likeness (QED) is 0.294. The number of carbonyl (C=O) groups excluding carboxylic acids is 1. The van der Waals surface area contributed by atoms with E-state index < -0.39 is 0 Å². The van der Waals surface area contributed by atoms with Crippen LogP contribution in [0.1, 0.15) is 124 Å². The number of hydrogen-bond donors (Lipinski definition) is 1. The highest BCUT2D eigenvalue weighted by atomic mass is 16.1. The summed E-state index contributed by atoms with van der Waals surface area (Å²) in [5.74, 6) is 0.140. The third-order valence-corrected chi connectivity index (χ3v) is 4.72. The largest absolute Gasteiger partial charge is 0.354 e. The summed E-state index contributed by atoms with van der Waals surface area (Å²) in [4.78, 5) is 11.4. The first-order valence-electron chi connectivity index (χ1n) is 10.5. The number of rotatable bonds is 17. The topological polar surface area (TPSA) is 29.1 Å². The molecule has 138 valence electrons. The van der Waals surface area contributed by atoms with Crippen LogP contribution in [0, 0.1) is 0 Å². The predicted molar refractivity (Wildman–Crippen MR) is 103 cm³/mol. The molecule has 2 nitrogen and oxygen atoms in total. The summed E-state index contributed by atoms with van der Waals surface area (Å²) in [6.07, 6.45) is 21.2. The molecular formula is C21H43NO. The lowest BCUT2D eigenvalue weighted by Crippen LogP contribution is -2.32. The first-order chi connectivity index (χ1) is 11.2. The fraction of sp³-hybridized carbons (Fsp3) is 0.952. The van der Waals surface area contributed by atoms with Gasteiger partial charge in [0.15, 0.2) is 0 Å². The highest BCUT2D eigenvalue weighted by Crippen LogP contribution is 2.14. The van der Waals surface area contributed by atoms with Gasteiger partial charge in [0.2, 0.25) is 5.91 Å². The number of carbonyl (C=O) groups is 1. The van der Waals surface area contributed by atoms with Gasteiger partial charge in [0.1, 0.15) is 0 Å². The maximum Gasteiger partial charge on any atom is 0.217 e. The average molecular weight is 326 g/mol. The Morgan fingerprint density at radius 1 is 0.652 bits per heavy atom.